The van der Waals surface area contributed by atoms with Crippen LogP contribution in [0.2, 0.25) is 0 Å². The minimum absolute atomic E-state index is 0.0284. The van der Waals surface area contributed by atoms with E-state index in [2.05, 4.69) is 14.7 Å². The first-order chi connectivity index (χ1) is 9.32. The second kappa shape index (κ2) is 4.95. The fourth-order valence-electron chi connectivity index (χ4n) is 1.60. The standard InChI is InChI=1S/C12H9F3N2O3/c1-2-20-11(19)9-10(18)17-7-4-3-6(12(13,14)15)5-8(7)16-9/h3-5H,2H2,1H3,(H,17,18). The number of fused-ring (bicyclic) bond motifs is 1. The van der Waals surface area contributed by atoms with Crippen LogP contribution in [-0.4, -0.2) is 22.5 Å². The van der Waals surface area contributed by atoms with E-state index in [-0.39, 0.29) is 17.6 Å². The zero-order valence-corrected chi connectivity index (χ0v) is 10.2. The Labute approximate surface area is 110 Å². The van der Waals surface area contributed by atoms with Crippen LogP contribution in [0.25, 0.3) is 11.0 Å². The van der Waals surface area contributed by atoms with Gasteiger partial charge in [-0.2, -0.15) is 13.2 Å². The van der Waals surface area contributed by atoms with E-state index < -0.39 is 29.0 Å². The maximum Gasteiger partial charge on any atom is 0.416 e. The number of halogens is 3. The van der Waals surface area contributed by atoms with Crippen molar-refractivity contribution < 1.29 is 22.7 Å². The first kappa shape index (κ1) is 14.0. The largest absolute Gasteiger partial charge is 0.461 e. The van der Waals surface area contributed by atoms with Crippen LogP contribution in [0.4, 0.5) is 13.2 Å². The molecule has 0 aliphatic carbocycles. The molecule has 0 aliphatic rings. The van der Waals surface area contributed by atoms with Gasteiger partial charge in [0.15, 0.2) is 0 Å². The highest BCUT2D eigenvalue weighted by atomic mass is 19.4. The molecular formula is C12H9F3N2O3. The summed E-state index contributed by atoms with van der Waals surface area (Å²) < 4.78 is 42.4. The molecule has 0 saturated heterocycles. The van der Waals surface area contributed by atoms with E-state index in [0.29, 0.717) is 0 Å². The van der Waals surface area contributed by atoms with E-state index in [9.17, 15) is 22.8 Å². The first-order valence-corrected chi connectivity index (χ1v) is 5.61. The van der Waals surface area contributed by atoms with Gasteiger partial charge in [0.05, 0.1) is 23.2 Å². The summed E-state index contributed by atoms with van der Waals surface area (Å²) in [6.07, 6.45) is -4.53. The summed E-state index contributed by atoms with van der Waals surface area (Å²) in [7, 11) is 0. The molecule has 2 aromatic rings. The first-order valence-electron chi connectivity index (χ1n) is 5.61. The van der Waals surface area contributed by atoms with E-state index in [1.807, 2.05) is 0 Å². The van der Waals surface area contributed by atoms with Crippen LogP contribution >= 0.6 is 0 Å². The van der Waals surface area contributed by atoms with Gasteiger partial charge >= 0.3 is 12.1 Å². The average Bonchev–Trinajstić information content (AvgIpc) is 2.36. The van der Waals surface area contributed by atoms with Gasteiger partial charge in [-0.3, -0.25) is 4.79 Å². The van der Waals surface area contributed by atoms with Crippen LogP contribution in [0.15, 0.2) is 23.0 Å². The third-order valence-corrected chi connectivity index (χ3v) is 2.49. The highest BCUT2D eigenvalue weighted by molar-refractivity contribution is 5.89. The Morgan fingerprint density at radius 1 is 1.40 bits per heavy atom. The van der Waals surface area contributed by atoms with Crippen molar-refractivity contribution in [2.45, 2.75) is 13.1 Å². The van der Waals surface area contributed by atoms with Gasteiger partial charge in [-0.1, -0.05) is 0 Å². The molecule has 0 bridgehead atoms. The van der Waals surface area contributed by atoms with Gasteiger partial charge in [0, 0.05) is 0 Å². The van der Waals surface area contributed by atoms with Crippen LogP contribution in [-0.2, 0) is 10.9 Å². The predicted octanol–water partition coefficient (Wildman–Crippen LogP) is 2.12. The van der Waals surface area contributed by atoms with Crippen LogP contribution in [0.3, 0.4) is 0 Å². The predicted molar refractivity (Wildman–Crippen MR) is 63.3 cm³/mol. The highest BCUT2D eigenvalue weighted by Crippen LogP contribution is 2.30. The van der Waals surface area contributed by atoms with Gasteiger partial charge in [-0.05, 0) is 25.1 Å². The number of hydrogen-bond acceptors (Lipinski definition) is 4. The lowest BCUT2D eigenvalue weighted by Crippen LogP contribution is -2.22. The molecule has 1 N–H and O–H groups in total. The van der Waals surface area contributed by atoms with Gasteiger partial charge < -0.3 is 9.72 Å². The molecule has 8 heteroatoms. The van der Waals surface area contributed by atoms with Crippen molar-refractivity contribution in [1.29, 1.82) is 0 Å². The Balaban J connectivity index is 2.61. The number of aromatic nitrogens is 2. The van der Waals surface area contributed by atoms with E-state index in [4.69, 9.17) is 0 Å². The summed E-state index contributed by atoms with van der Waals surface area (Å²) in [5.41, 5.74) is -2.33. The van der Waals surface area contributed by atoms with E-state index in [1.54, 1.807) is 0 Å². The molecule has 2 rings (SSSR count). The topological polar surface area (TPSA) is 72.0 Å². The summed E-state index contributed by atoms with van der Waals surface area (Å²) in [6, 6.07) is 2.67. The monoisotopic (exact) mass is 286 g/mol. The van der Waals surface area contributed by atoms with Crippen molar-refractivity contribution >= 4 is 17.0 Å². The smallest absolute Gasteiger partial charge is 0.416 e. The molecule has 106 valence electrons. The molecule has 5 nitrogen and oxygen atoms in total. The SMILES string of the molecule is CCOC(=O)c1nc2cc(C(F)(F)F)ccc2[nH]c1=O. The van der Waals surface area contributed by atoms with E-state index >= 15 is 0 Å². The number of esters is 1. The van der Waals surface area contributed by atoms with Crippen LogP contribution in [0.5, 0.6) is 0 Å². The fourth-order valence-corrected chi connectivity index (χ4v) is 1.60. The number of hydrogen-bond donors (Lipinski definition) is 1. The normalized spacial score (nSPS) is 11.6. The molecule has 0 atom stereocenters. The molecule has 1 aromatic heterocycles. The van der Waals surface area contributed by atoms with E-state index in [1.165, 1.54) is 6.92 Å². The minimum Gasteiger partial charge on any atom is -0.461 e. The Morgan fingerprint density at radius 2 is 2.10 bits per heavy atom. The number of alkyl halides is 3. The van der Waals surface area contributed by atoms with E-state index in [0.717, 1.165) is 18.2 Å². The van der Waals surface area contributed by atoms with Crippen molar-refractivity contribution in [3.05, 3.63) is 39.8 Å². The van der Waals surface area contributed by atoms with Gasteiger partial charge in [-0.15, -0.1) is 0 Å². The number of benzene rings is 1. The number of rotatable bonds is 2. The maximum absolute atomic E-state index is 12.6. The van der Waals surface area contributed by atoms with Gasteiger partial charge in [-0.25, -0.2) is 9.78 Å². The van der Waals surface area contributed by atoms with Crippen molar-refractivity contribution in [1.82, 2.24) is 9.97 Å². The van der Waals surface area contributed by atoms with Crippen molar-refractivity contribution in [3.8, 4) is 0 Å². The third kappa shape index (κ3) is 2.63. The lowest BCUT2D eigenvalue weighted by atomic mass is 10.2. The molecule has 0 unspecified atom stereocenters. The number of aromatic amines is 1. The summed E-state index contributed by atoms with van der Waals surface area (Å²) in [5.74, 6) is -0.979. The zero-order valence-electron chi connectivity index (χ0n) is 10.2. The average molecular weight is 286 g/mol. The lowest BCUT2D eigenvalue weighted by molar-refractivity contribution is -0.137. The summed E-state index contributed by atoms with van der Waals surface area (Å²) >= 11 is 0. The number of carbonyl (C=O) groups excluding carboxylic acids is 1. The van der Waals surface area contributed by atoms with Crippen molar-refractivity contribution in [2.24, 2.45) is 0 Å². The molecule has 20 heavy (non-hydrogen) atoms. The van der Waals surface area contributed by atoms with Gasteiger partial charge in [0.2, 0.25) is 5.69 Å². The van der Waals surface area contributed by atoms with Crippen LogP contribution < -0.4 is 5.56 Å². The number of ether oxygens (including phenoxy) is 1. The number of nitrogens with zero attached hydrogens (tertiary/aromatic N) is 1. The second-order valence-electron chi connectivity index (χ2n) is 3.86. The summed E-state index contributed by atoms with van der Waals surface area (Å²) in [4.78, 5) is 29.0. The lowest BCUT2D eigenvalue weighted by Gasteiger charge is -2.07. The second-order valence-corrected chi connectivity index (χ2v) is 3.86. The van der Waals surface area contributed by atoms with Crippen LogP contribution in [0, 0.1) is 0 Å². The molecule has 0 aliphatic heterocycles. The Morgan fingerprint density at radius 3 is 2.70 bits per heavy atom. The Bertz CT molecular complexity index is 722. The Kier molecular flexibility index (Phi) is 3.47. The van der Waals surface area contributed by atoms with Crippen molar-refractivity contribution in [2.75, 3.05) is 6.61 Å². The Hall–Kier alpha value is -2.38. The fraction of sp³-hybridized carbons (Fsp3) is 0.250. The molecule has 0 radical (unpaired) electrons. The molecule has 0 saturated carbocycles. The molecule has 1 heterocycles. The quantitative estimate of drug-likeness (QED) is 0.858. The highest BCUT2D eigenvalue weighted by Gasteiger charge is 2.30. The van der Waals surface area contributed by atoms with Gasteiger partial charge in [0.1, 0.15) is 0 Å². The zero-order chi connectivity index (χ0) is 14.9. The van der Waals surface area contributed by atoms with Crippen molar-refractivity contribution in [3.63, 3.8) is 0 Å². The summed E-state index contributed by atoms with van der Waals surface area (Å²) in [5, 5.41) is 0. The third-order valence-electron chi connectivity index (χ3n) is 2.49. The van der Waals surface area contributed by atoms with Crippen LogP contribution in [0.1, 0.15) is 23.0 Å². The molecule has 1 aromatic carbocycles. The minimum atomic E-state index is -4.53. The number of nitrogens with one attached hydrogen (secondary N) is 1. The maximum atomic E-state index is 12.6. The molecule has 0 fully saturated rings. The molecule has 0 amide bonds. The number of H-pyrrole nitrogens is 1. The molecule has 0 spiro atoms. The van der Waals surface area contributed by atoms with Gasteiger partial charge in [0.25, 0.3) is 5.56 Å². The summed E-state index contributed by atoms with van der Waals surface area (Å²) in [6.45, 7) is 1.56. The molecular weight excluding hydrogens is 277 g/mol. The number of carbonyl (C=O) groups is 1.